The van der Waals surface area contributed by atoms with E-state index in [0.717, 1.165) is 11.1 Å². The molecule has 0 spiro atoms. The smallest absolute Gasteiger partial charge is 0.265 e. The average molecular weight is 489 g/mol. The first kappa shape index (κ1) is 23.1. The van der Waals surface area contributed by atoms with Crippen LogP contribution < -0.4 is 14.2 Å². The van der Waals surface area contributed by atoms with E-state index in [0.29, 0.717) is 24.4 Å². The van der Waals surface area contributed by atoms with Crippen molar-refractivity contribution in [3.63, 3.8) is 0 Å². The van der Waals surface area contributed by atoms with Gasteiger partial charge in [-0.15, -0.1) is 0 Å². The van der Waals surface area contributed by atoms with Crippen molar-refractivity contribution in [3.05, 3.63) is 77.9 Å². The van der Waals surface area contributed by atoms with Crippen LogP contribution in [0.4, 0.5) is 5.69 Å². The minimum absolute atomic E-state index is 0.0599. The largest absolute Gasteiger partial charge is 0.497 e. The van der Waals surface area contributed by atoms with Crippen LogP contribution >= 0.6 is 0 Å². The van der Waals surface area contributed by atoms with E-state index in [1.165, 1.54) is 30.7 Å². The highest BCUT2D eigenvalue weighted by Gasteiger charge is 2.29. The van der Waals surface area contributed by atoms with E-state index in [1.54, 1.807) is 48.5 Å². The van der Waals surface area contributed by atoms with Gasteiger partial charge in [0.25, 0.3) is 10.0 Å². The van der Waals surface area contributed by atoms with Crippen molar-refractivity contribution in [1.82, 2.24) is 4.31 Å². The Labute approximate surface area is 193 Å². The lowest BCUT2D eigenvalue weighted by Gasteiger charge is -2.28. The molecule has 0 fully saturated rings. The van der Waals surface area contributed by atoms with Crippen LogP contribution in [0, 0.1) is 0 Å². The van der Waals surface area contributed by atoms with E-state index < -0.39 is 20.0 Å². The van der Waals surface area contributed by atoms with Crippen LogP contribution in [-0.4, -0.2) is 41.9 Å². The second kappa shape index (κ2) is 9.05. The fourth-order valence-corrected chi connectivity index (χ4v) is 6.42. The number of methoxy groups -OCH3 is 2. The number of hydrogen-bond donors (Lipinski definition) is 1. The SMILES string of the molecule is COc1ccc(OC)c(S(=O)(=O)Nc2ccc3c(c2)CN(S(=O)(=O)c2ccccc2)CC3)c1. The van der Waals surface area contributed by atoms with Gasteiger partial charge in [-0.05, 0) is 53.9 Å². The standard InChI is InChI=1S/C23H24N2O6S2/c1-30-20-10-11-22(31-2)23(15-20)32(26,27)24-19-9-8-17-12-13-25(16-18(17)14-19)33(28,29)21-6-4-3-5-7-21/h3-11,14-15,24H,12-13,16H2,1-2H3. The molecule has 33 heavy (non-hydrogen) atoms. The van der Waals surface area contributed by atoms with E-state index in [4.69, 9.17) is 9.47 Å². The van der Waals surface area contributed by atoms with Gasteiger partial charge in [-0.25, -0.2) is 16.8 Å². The van der Waals surface area contributed by atoms with E-state index in [-0.39, 0.29) is 22.1 Å². The van der Waals surface area contributed by atoms with Crippen LogP contribution in [-0.2, 0) is 33.0 Å². The number of ether oxygens (including phenoxy) is 2. The van der Waals surface area contributed by atoms with Gasteiger partial charge < -0.3 is 9.47 Å². The lowest BCUT2D eigenvalue weighted by atomic mass is 10.0. The molecule has 4 rings (SSSR count). The number of nitrogens with zero attached hydrogens (tertiary/aromatic N) is 1. The van der Waals surface area contributed by atoms with Crippen molar-refractivity contribution in [1.29, 1.82) is 0 Å². The summed E-state index contributed by atoms with van der Waals surface area (Å²) in [6.45, 7) is 0.515. The summed E-state index contributed by atoms with van der Waals surface area (Å²) in [5, 5.41) is 0. The normalized spacial score (nSPS) is 14.4. The van der Waals surface area contributed by atoms with Crippen molar-refractivity contribution in [3.8, 4) is 11.5 Å². The number of benzene rings is 3. The Hall–Kier alpha value is -3.08. The third kappa shape index (κ3) is 4.68. The zero-order valence-electron chi connectivity index (χ0n) is 18.2. The molecule has 0 aliphatic carbocycles. The summed E-state index contributed by atoms with van der Waals surface area (Å²) >= 11 is 0. The predicted molar refractivity (Wildman–Crippen MR) is 125 cm³/mol. The Kier molecular flexibility index (Phi) is 6.33. The maximum absolute atomic E-state index is 13.1. The fourth-order valence-electron chi connectivity index (χ4n) is 3.75. The Morgan fingerprint density at radius 2 is 1.61 bits per heavy atom. The summed E-state index contributed by atoms with van der Waals surface area (Å²) in [6, 6.07) is 17.9. The van der Waals surface area contributed by atoms with Gasteiger partial charge in [0.05, 0.1) is 19.1 Å². The number of sulfonamides is 2. The van der Waals surface area contributed by atoms with Crippen molar-refractivity contribution >= 4 is 25.7 Å². The van der Waals surface area contributed by atoms with Gasteiger partial charge in [-0.3, -0.25) is 4.72 Å². The minimum atomic E-state index is -3.99. The monoisotopic (exact) mass is 488 g/mol. The van der Waals surface area contributed by atoms with E-state index >= 15 is 0 Å². The highest BCUT2D eigenvalue weighted by atomic mass is 32.2. The van der Waals surface area contributed by atoms with Gasteiger partial charge >= 0.3 is 0 Å². The van der Waals surface area contributed by atoms with E-state index in [1.807, 2.05) is 6.07 Å². The second-order valence-electron chi connectivity index (χ2n) is 7.51. The third-order valence-corrected chi connectivity index (χ3v) is 8.74. The van der Waals surface area contributed by atoms with Gasteiger partial charge in [0, 0.05) is 24.8 Å². The predicted octanol–water partition coefficient (Wildman–Crippen LogP) is 3.25. The zero-order valence-corrected chi connectivity index (χ0v) is 19.8. The van der Waals surface area contributed by atoms with Gasteiger partial charge in [-0.2, -0.15) is 4.31 Å². The molecule has 1 N–H and O–H groups in total. The van der Waals surface area contributed by atoms with Crippen molar-refractivity contribution in [2.75, 3.05) is 25.5 Å². The third-order valence-electron chi connectivity index (χ3n) is 5.48. The van der Waals surface area contributed by atoms with Gasteiger partial charge in [0.15, 0.2) is 0 Å². The Balaban J connectivity index is 1.62. The molecule has 1 aliphatic heterocycles. The minimum Gasteiger partial charge on any atom is -0.497 e. The molecule has 0 saturated carbocycles. The molecule has 0 saturated heterocycles. The molecule has 174 valence electrons. The van der Waals surface area contributed by atoms with Gasteiger partial charge in [0.1, 0.15) is 16.4 Å². The molecule has 0 bridgehead atoms. The van der Waals surface area contributed by atoms with Crippen LogP contribution in [0.25, 0.3) is 0 Å². The zero-order chi connectivity index (χ0) is 23.6. The lowest BCUT2D eigenvalue weighted by molar-refractivity contribution is 0.391. The molecule has 3 aromatic carbocycles. The highest BCUT2D eigenvalue weighted by Crippen LogP contribution is 2.31. The maximum atomic E-state index is 13.1. The molecule has 0 aromatic heterocycles. The van der Waals surface area contributed by atoms with Gasteiger partial charge in [-0.1, -0.05) is 24.3 Å². The number of hydrogen-bond acceptors (Lipinski definition) is 6. The summed E-state index contributed by atoms with van der Waals surface area (Å²) in [5.41, 5.74) is 2.06. The number of rotatable bonds is 7. The lowest BCUT2D eigenvalue weighted by Crippen LogP contribution is -2.36. The first-order valence-corrected chi connectivity index (χ1v) is 13.1. The van der Waals surface area contributed by atoms with Crippen molar-refractivity contribution in [2.24, 2.45) is 0 Å². The fraction of sp³-hybridized carbons (Fsp3) is 0.217. The molecular formula is C23H24N2O6S2. The van der Waals surface area contributed by atoms with Crippen molar-refractivity contribution < 1.29 is 26.3 Å². The average Bonchev–Trinajstić information content (AvgIpc) is 2.83. The quantitative estimate of drug-likeness (QED) is 0.548. The summed E-state index contributed by atoms with van der Waals surface area (Å²) in [4.78, 5) is 0.172. The molecule has 0 radical (unpaired) electrons. The van der Waals surface area contributed by atoms with Crippen LogP contribution in [0.15, 0.2) is 76.5 Å². The van der Waals surface area contributed by atoms with Crippen LogP contribution in [0.3, 0.4) is 0 Å². The number of anilines is 1. The van der Waals surface area contributed by atoms with Crippen LogP contribution in [0.2, 0.25) is 0 Å². The number of fused-ring (bicyclic) bond motifs is 1. The summed E-state index contributed by atoms with van der Waals surface area (Å²) < 4.78 is 66.5. The molecule has 3 aromatic rings. The Morgan fingerprint density at radius 3 is 2.30 bits per heavy atom. The Bertz CT molecular complexity index is 1370. The van der Waals surface area contributed by atoms with E-state index in [9.17, 15) is 16.8 Å². The highest BCUT2D eigenvalue weighted by molar-refractivity contribution is 7.92. The topological polar surface area (TPSA) is 102 Å². The molecule has 1 heterocycles. The van der Waals surface area contributed by atoms with Gasteiger partial charge in [0.2, 0.25) is 10.0 Å². The van der Waals surface area contributed by atoms with E-state index in [2.05, 4.69) is 4.72 Å². The molecule has 8 nitrogen and oxygen atoms in total. The van der Waals surface area contributed by atoms with Crippen LogP contribution in [0.1, 0.15) is 11.1 Å². The first-order chi connectivity index (χ1) is 15.7. The summed E-state index contributed by atoms with van der Waals surface area (Å²) in [5.74, 6) is 0.560. The molecule has 0 amide bonds. The molecule has 0 atom stereocenters. The summed E-state index contributed by atoms with van der Waals surface area (Å²) in [6.07, 6.45) is 0.540. The Morgan fingerprint density at radius 1 is 0.848 bits per heavy atom. The molecule has 10 heteroatoms. The molecule has 0 unspecified atom stereocenters. The number of nitrogens with one attached hydrogen (secondary N) is 1. The van der Waals surface area contributed by atoms with Crippen molar-refractivity contribution in [2.45, 2.75) is 22.8 Å². The van der Waals surface area contributed by atoms with Crippen LogP contribution in [0.5, 0.6) is 11.5 Å². The second-order valence-corrected chi connectivity index (χ2v) is 11.1. The maximum Gasteiger partial charge on any atom is 0.265 e. The molecular weight excluding hydrogens is 464 g/mol. The molecule has 1 aliphatic rings. The summed E-state index contributed by atoms with van der Waals surface area (Å²) in [7, 11) is -4.80. The first-order valence-electron chi connectivity index (χ1n) is 10.2.